The summed E-state index contributed by atoms with van der Waals surface area (Å²) < 4.78 is 5.79. The maximum atomic E-state index is 12.5. The van der Waals surface area contributed by atoms with Gasteiger partial charge in [0.1, 0.15) is 6.10 Å². The van der Waals surface area contributed by atoms with E-state index in [2.05, 4.69) is 30.2 Å². The van der Waals surface area contributed by atoms with E-state index in [9.17, 15) is 4.79 Å². The number of esters is 1. The molecule has 4 heteroatoms. The van der Waals surface area contributed by atoms with E-state index in [1.165, 1.54) is 19.3 Å². The van der Waals surface area contributed by atoms with Crippen molar-refractivity contribution < 1.29 is 9.53 Å². The van der Waals surface area contributed by atoms with Gasteiger partial charge in [-0.25, -0.2) is 0 Å². The first-order chi connectivity index (χ1) is 12.1. The van der Waals surface area contributed by atoms with E-state index in [0.29, 0.717) is 12.5 Å². The predicted molar refractivity (Wildman–Crippen MR) is 96.6 cm³/mol. The molecule has 1 saturated carbocycles. The molecular weight excluding hydrogens is 312 g/mol. The molecule has 0 amide bonds. The number of carbonyl (C=O) groups is 1. The van der Waals surface area contributed by atoms with E-state index in [1.54, 1.807) is 11.8 Å². The van der Waals surface area contributed by atoms with Gasteiger partial charge in [-0.05, 0) is 42.2 Å². The van der Waals surface area contributed by atoms with Gasteiger partial charge in [-0.1, -0.05) is 38.0 Å². The molecule has 0 radical (unpaired) electrons. The molecule has 4 rings (SSSR count). The lowest BCUT2D eigenvalue weighted by Gasteiger charge is -2.46. The lowest BCUT2D eigenvalue weighted by molar-refractivity contribution is -0.145. The highest BCUT2D eigenvalue weighted by Gasteiger charge is 2.51. The summed E-state index contributed by atoms with van der Waals surface area (Å²) in [4.78, 5) is 16.6. The fourth-order valence-electron chi connectivity index (χ4n) is 5.16. The van der Waals surface area contributed by atoms with E-state index < -0.39 is 0 Å². The van der Waals surface area contributed by atoms with Crippen molar-refractivity contribution in [3.05, 3.63) is 41.7 Å². The maximum Gasteiger partial charge on any atom is 0.311 e. The highest BCUT2D eigenvalue weighted by Crippen LogP contribution is 2.53. The van der Waals surface area contributed by atoms with Gasteiger partial charge in [-0.2, -0.15) is 0 Å². The molecule has 1 aliphatic heterocycles. The molecule has 2 heterocycles. The highest BCUT2D eigenvalue weighted by molar-refractivity contribution is 5.76. The molecular formula is C21H28N2O2. The Kier molecular flexibility index (Phi) is 4.40. The zero-order chi connectivity index (χ0) is 17.4. The fourth-order valence-corrected chi connectivity index (χ4v) is 5.16. The van der Waals surface area contributed by atoms with Crippen molar-refractivity contribution in [2.24, 2.45) is 23.2 Å². The Labute approximate surface area is 150 Å². The van der Waals surface area contributed by atoms with Crippen LogP contribution in [0.3, 0.4) is 0 Å². The van der Waals surface area contributed by atoms with E-state index in [4.69, 9.17) is 4.74 Å². The molecule has 0 bridgehead atoms. The number of carbonyl (C=O) groups excluding carboxylic acids is 1. The molecule has 25 heavy (non-hydrogen) atoms. The Hall–Kier alpha value is -1.68. The second kappa shape index (κ2) is 6.56. The maximum absolute atomic E-state index is 12.5. The van der Waals surface area contributed by atoms with Crippen molar-refractivity contribution in [1.29, 1.82) is 0 Å². The summed E-state index contributed by atoms with van der Waals surface area (Å²) >= 11 is 0. The number of nitrogens with one attached hydrogen (secondary N) is 1. The molecule has 0 spiro atoms. The quantitative estimate of drug-likeness (QED) is 0.673. The van der Waals surface area contributed by atoms with Gasteiger partial charge in [0.25, 0.3) is 0 Å². The van der Waals surface area contributed by atoms with Crippen molar-refractivity contribution in [3.63, 3.8) is 0 Å². The smallest absolute Gasteiger partial charge is 0.311 e. The summed E-state index contributed by atoms with van der Waals surface area (Å²) in [5, 5.41) is 3.43. The number of rotatable bonds is 4. The largest absolute Gasteiger partial charge is 0.461 e. The van der Waals surface area contributed by atoms with Crippen LogP contribution in [0.1, 0.15) is 45.1 Å². The van der Waals surface area contributed by atoms with Crippen LogP contribution in [0.15, 0.2) is 36.2 Å². The van der Waals surface area contributed by atoms with Gasteiger partial charge >= 0.3 is 5.97 Å². The zero-order valence-corrected chi connectivity index (χ0v) is 15.2. The topological polar surface area (TPSA) is 51.2 Å². The Balaban J connectivity index is 1.47. The van der Waals surface area contributed by atoms with Crippen molar-refractivity contribution in [1.82, 2.24) is 10.3 Å². The minimum absolute atomic E-state index is 0.0274. The molecule has 0 aromatic carbocycles. The molecule has 2 aliphatic carbocycles. The van der Waals surface area contributed by atoms with E-state index in [0.717, 1.165) is 18.5 Å². The summed E-state index contributed by atoms with van der Waals surface area (Å²) in [5.41, 5.74) is 2.95. The fraction of sp³-hybridized carbons (Fsp3) is 0.619. The van der Waals surface area contributed by atoms with E-state index in [-0.39, 0.29) is 29.3 Å². The molecule has 4 nitrogen and oxygen atoms in total. The summed E-state index contributed by atoms with van der Waals surface area (Å²) in [6.07, 6.45) is 10.9. The minimum atomic E-state index is -0.0622. The Bertz CT molecular complexity index is 672. The average Bonchev–Trinajstić information content (AvgIpc) is 2.88. The van der Waals surface area contributed by atoms with Gasteiger partial charge < -0.3 is 10.1 Å². The van der Waals surface area contributed by atoms with E-state index in [1.807, 2.05) is 18.3 Å². The molecule has 1 aromatic rings. The number of allylic oxidation sites excluding steroid dienone is 1. The third-order valence-electron chi connectivity index (χ3n) is 6.50. The summed E-state index contributed by atoms with van der Waals surface area (Å²) in [6, 6.07) is 3.99. The summed E-state index contributed by atoms with van der Waals surface area (Å²) in [7, 11) is 0. The van der Waals surface area contributed by atoms with Crippen LogP contribution in [-0.4, -0.2) is 23.6 Å². The second-order valence-electron chi connectivity index (χ2n) is 8.33. The van der Waals surface area contributed by atoms with Crippen LogP contribution < -0.4 is 5.32 Å². The van der Waals surface area contributed by atoms with Crippen molar-refractivity contribution in [3.8, 4) is 0 Å². The monoisotopic (exact) mass is 340 g/mol. The zero-order valence-electron chi connectivity index (χ0n) is 15.2. The van der Waals surface area contributed by atoms with Crippen LogP contribution >= 0.6 is 0 Å². The van der Waals surface area contributed by atoms with Crippen molar-refractivity contribution in [2.75, 3.05) is 6.54 Å². The summed E-state index contributed by atoms with van der Waals surface area (Å²) in [6.45, 7) is 6.12. The Morgan fingerprint density at radius 2 is 2.32 bits per heavy atom. The van der Waals surface area contributed by atoms with Crippen LogP contribution in [0.25, 0.3) is 0 Å². The summed E-state index contributed by atoms with van der Waals surface area (Å²) in [5.74, 6) is 0.783. The third-order valence-corrected chi connectivity index (χ3v) is 6.50. The Morgan fingerprint density at radius 3 is 3.12 bits per heavy atom. The van der Waals surface area contributed by atoms with E-state index >= 15 is 0 Å². The number of fused-ring (bicyclic) bond motifs is 2. The van der Waals surface area contributed by atoms with Crippen LogP contribution in [0.2, 0.25) is 0 Å². The first-order valence-corrected chi connectivity index (χ1v) is 9.59. The number of aromatic nitrogens is 1. The molecule has 3 aliphatic rings. The SMILES string of the molecule is CC1CCCC2(C)CC3OC(=O)C(CNCc4cccnc4)C3C=C12. The molecule has 134 valence electrons. The number of hydrogen-bond acceptors (Lipinski definition) is 4. The molecule has 1 N–H and O–H groups in total. The van der Waals surface area contributed by atoms with Gasteiger partial charge in [0.2, 0.25) is 0 Å². The van der Waals surface area contributed by atoms with Gasteiger partial charge in [-0.15, -0.1) is 0 Å². The lowest BCUT2D eigenvalue weighted by Crippen LogP contribution is -2.40. The van der Waals surface area contributed by atoms with Gasteiger partial charge in [0.05, 0.1) is 5.92 Å². The van der Waals surface area contributed by atoms with Crippen molar-refractivity contribution in [2.45, 2.75) is 52.2 Å². The highest BCUT2D eigenvalue weighted by atomic mass is 16.6. The number of ether oxygens (including phenoxy) is 1. The lowest BCUT2D eigenvalue weighted by atomic mass is 9.59. The second-order valence-corrected chi connectivity index (χ2v) is 8.33. The van der Waals surface area contributed by atoms with Crippen LogP contribution in [0, 0.1) is 23.2 Å². The normalized spacial score (nSPS) is 37.0. The van der Waals surface area contributed by atoms with Crippen LogP contribution in [0.5, 0.6) is 0 Å². The molecule has 5 atom stereocenters. The predicted octanol–water partition coefficient (Wildman–Crippen LogP) is 3.49. The molecule has 1 saturated heterocycles. The standard InChI is InChI=1S/C21H28N2O2/c1-14-5-3-7-21(2)10-19-16(9-18(14)21)17(20(24)25-19)13-23-12-15-6-4-8-22-11-15/h4,6,8-9,11,14,16-17,19,23H,3,5,7,10,12-13H2,1-2H3. The molecule has 5 unspecified atom stereocenters. The average molecular weight is 340 g/mol. The van der Waals surface area contributed by atoms with Crippen molar-refractivity contribution >= 4 is 5.97 Å². The van der Waals surface area contributed by atoms with Crippen LogP contribution in [0.4, 0.5) is 0 Å². The first-order valence-electron chi connectivity index (χ1n) is 9.59. The number of nitrogens with zero attached hydrogens (tertiary/aromatic N) is 1. The Morgan fingerprint density at radius 1 is 1.44 bits per heavy atom. The first kappa shape index (κ1) is 16.8. The molecule has 2 fully saturated rings. The minimum Gasteiger partial charge on any atom is -0.461 e. The third kappa shape index (κ3) is 3.12. The number of pyridine rings is 1. The van der Waals surface area contributed by atoms with Gasteiger partial charge in [0, 0.05) is 31.4 Å². The number of hydrogen-bond donors (Lipinski definition) is 1. The van der Waals surface area contributed by atoms with Gasteiger partial charge in [0.15, 0.2) is 0 Å². The van der Waals surface area contributed by atoms with Gasteiger partial charge in [-0.3, -0.25) is 9.78 Å². The van der Waals surface area contributed by atoms with Crippen LogP contribution in [-0.2, 0) is 16.1 Å². The molecule has 1 aromatic heterocycles.